The molecule has 0 bridgehead atoms. The number of nitrogen functional groups attached to an aromatic ring is 1. The molecular weight excluding hydrogens is 272 g/mol. The van der Waals surface area contributed by atoms with Gasteiger partial charge in [0.1, 0.15) is 17.7 Å². The fourth-order valence-electron chi connectivity index (χ4n) is 1.30. The number of benzene rings is 1. The summed E-state index contributed by atoms with van der Waals surface area (Å²) in [7, 11) is 1.62. The summed E-state index contributed by atoms with van der Waals surface area (Å²) in [6.45, 7) is 2.39. The quantitative estimate of drug-likeness (QED) is 0.644. The normalized spacial score (nSPS) is 12.2. The molecule has 0 saturated carbocycles. The molecule has 0 aliphatic carbocycles. The Morgan fingerprint density at radius 2 is 2.25 bits per heavy atom. The molecule has 5 heteroatoms. The van der Waals surface area contributed by atoms with Crippen molar-refractivity contribution in [2.45, 2.75) is 13.0 Å². The van der Waals surface area contributed by atoms with Crippen molar-refractivity contribution in [3.63, 3.8) is 0 Å². The molecule has 0 spiro atoms. The molecule has 0 amide bonds. The van der Waals surface area contributed by atoms with E-state index in [1.54, 1.807) is 19.2 Å². The highest BCUT2D eigenvalue weighted by Gasteiger charge is 2.10. The number of hydrogen-bond acceptors (Lipinski definition) is 3. The smallest absolute Gasteiger partial charge is 0.130 e. The predicted octanol–water partition coefficient (Wildman–Crippen LogP) is 2.15. The largest absolute Gasteiger partial charge is 0.488 e. The fourth-order valence-corrected chi connectivity index (χ4v) is 1.66. The van der Waals surface area contributed by atoms with Crippen molar-refractivity contribution in [3.8, 4) is 5.75 Å². The first-order valence-electron chi connectivity index (χ1n) is 4.84. The molecule has 4 nitrogen and oxygen atoms in total. The summed E-state index contributed by atoms with van der Waals surface area (Å²) < 4.78 is 11.5. The summed E-state index contributed by atoms with van der Waals surface area (Å²) in [5, 5.41) is 7.46. The van der Waals surface area contributed by atoms with Crippen molar-refractivity contribution in [3.05, 3.63) is 28.2 Å². The zero-order chi connectivity index (χ0) is 12.1. The Balaban J connectivity index is 2.90. The van der Waals surface area contributed by atoms with Gasteiger partial charge in [0.25, 0.3) is 0 Å². The van der Waals surface area contributed by atoms with Crippen LogP contribution in [0.25, 0.3) is 0 Å². The monoisotopic (exact) mass is 286 g/mol. The minimum atomic E-state index is -0.0794. The molecule has 0 heterocycles. The lowest BCUT2D eigenvalue weighted by atomic mass is 10.2. The van der Waals surface area contributed by atoms with Gasteiger partial charge < -0.3 is 15.2 Å². The van der Waals surface area contributed by atoms with Crippen molar-refractivity contribution in [1.82, 2.24) is 0 Å². The van der Waals surface area contributed by atoms with Gasteiger partial charge in [-0.15, -0.1) is 0 Å². The van der Waals surface area contributed by atoms with Gasteiger partial charge in [0.15, 0.2) is 0 Å². The fraction of sp³-hybridized carbons (Fsp3) is 0.364. The zero-order valence-electron chi connectivity index (χ0n) is 9.29. The van der Waals surface area contributed by atoms with E-state index >= 15 is 0 Å². The first-order valence-corrected chi connectivity index (χ1v) is 5.63. The highest BCUT2D eigenvalue weighted by atomic mass is 79.9. The molecule has 1 atom stereocenters. The standard InChI is InChI=1S/C11H15BrN2O2/c1-7(6-15-2)16-10-4-3-8(12)5-9(10)11(13)14/h3-5,7H,6H2,1-2H3,(H3,13,14). The van der Waals surface area contributed by atoms with Gasteiger partial charge in [0.05, 0.1) is 12.2 Å². The van der Waals surface area contributed by atoms with E-state index < -0.39 is 0 Å². The summed E-state index contributed by atoms with van der Waals surface area (Å²) in [6, 6.07) is 5.39. The van der Waals surface area contributed by atoms with Crippen LogP contribution in [0.1, 0.15) is 12.5 Å². The van der Waals surface area contributed by atoms with Crippen LogP contribution >= 0.6 is 15.9 Å². The number of rotatable bonds is 5. The Labute approximate surface area is 103 Å². The van der Waals surface area contributed by atoms with Crippen molar-refractivity contribution in [2.75, 3.05) is 13.7 Å². The minimum Gasteiger partial charge on any atom is -0.488 e. The molecule has 0 aliphatic rings. The zero-order valence-corrected chi connectivity index (χ0v) is 10.9. The molecule has 1 rings (SSSR count). The van der Waals surface area contributed by atoms with Crippen LogP contribution in [0.3, 0.4) is 0 Å². The van der Waals surface area contributed by atoms with Crippen LogP contribution in [0, 0.1) is 5.41 Å². The van der Waals surface area contributed by atoms with E-state index in [0.717, 1.165) is 4.47 Å². The molecule has 0 radical (unpaired) electrons. The van der Waals surface area contributed by atoms with E-state index in [9.17, 15) is 0 Å². The number of ether oxygens (including phenoxy) is 2. The first kappa shape index (κ1) is 13.0. The van der Waals surface area contributed by atoms with Crippen LogP contribution in [-0.4, -0.2) is 25.7 Å². The van der Waals surface area contributed by atoms with Crippen molar-refractivity contribution in [1.29, 1.82) is 5.41 Å². The van der Waals surface area contributed by atoms with E-state index in [-0.39, 0.29) is 11.9 Å². The van der Waals surface area contributed by atoms with Crippen LogP contribution in [-0.2, 0) is 4.74 Å². The second kappa shape index (κ2) is 5.86. The lowest BCUT2D eigenvalue weighted by Gasteiger charge is -2.16. The molecule has 0 aliphatic heterocycles. The first-order chi connectivity index (χ1) is 7.54. The molecule has 3 N–H and O–H groups in total. The van der Waals surface area contributed by atoms with Crippen LogP contribution in [0.5, 0.6) is 5.75 Å². The van der Waals surface area contributed by atoms with Gasteiger partial charge in [-0.1, -0.05) is 15.9 Å². The summed E-state index contributed by atoms with van der Waals surface area (Å²) in [4.78, 5) is 0. The van der Waals surface area contributed by atoms with Gasteiger partial charge in [-0.2, -0.15) is 0 Å². The molecule has 1 aromatic carbocycles. The molecule has 0 fully saturated rings. The van der Waals surface area contributed by atoms with Crippen LogP contribution in [0.2, 0.25) is 0 Å². The maximum Gasteiger partial charge on any atom is 0.130 e. The van der Waals surface area contributed by atoms with Crippen LogP contribution in [0.4, 0.5) is 0 Å². The number of amidine groups is 1. The number of nitrogens with two attached hydrogens (primary N) is 1. The maximum atomic E-state index is 7.46. The van der Waals surface area contributed by atoms with Gasteiger partial charge >= 0.3 is 0 Å². The van der Waals surface area contributed by atoms with Crippen LogP contribution < -0.4 is 10.5 Å². The molecular formula is C11H15BrN2O2. The van der Waals surface area contributed by atoms with Gasteiger partial charge in [-0.3, -0.25) is 5.41 Å². The van der Waals surface area contributed by atoms with Crippen molar-refractivity contribution >= 4 is 21.8 Å². The lowest BCUT2D eigenvalue weighted by Crippen LogP contribution is -2.21. The summed E-state index contributed by atoms with van der Waals surface area (Å²) in [5.74, 6) is 0.584. The number of nitrogens with one attached hydrogen (secondary N) is 1. The second-order valence-corrected chi connectivity index (χ2v) is 4.35. The molecule has 88 valence electrons. The average Bonchev–Trinajstić information content (AvgIpc) is 2.20. The SMILES string of the molecule is COCC(C)Oc1ccc(Br)cc1C(=N)N. The minimum absolute atomic E-state index is 0.0130. The van der Waals surface area contributed by atoms with E-state index in [4.69, 9.17) is 20.6 Å². The van der Waals surface area contributed by atoms with Crippen molar-refractivity contribution < 1.29 is 9.47 Å². The van der Waals surface area contributed by atoms with E-state index in [0.29, 0.717) is 17.9 Å². The summed E-state index contributed by atoms with van der Waals surface area (Å²) in [6.07, 6.45) is -0.0794. The number of methoxy groups -OCH3 is 1. The third kappa shape index (κ3) is 3.50. The van der Waals surface area contributed by atoms with Gasteiger partial charge in [0.2, 0.25) is 0 Å². The maximum absolute atomic E-state index is 7.46. The topological polar surface area (TPSA) is 68.3 Å². The Hall–Kier alpha value is -1.07. The average molecular weight is 287 g/mol. The Morgan fingerprint density at radius 1 is 1.56 bits per heavy atom. The third-order valence-corrected chi connectivity index (χ3v) is 2.45. The molecule has 16 heavy (non-hydrogen) atoms. The second-order valence-electron chi connectivity index (χ2n) is 3.44. The summed E-state index contributed by atoms with van der Waals surface area (Å²) in [5.41, 5.74) is 6.07. The Bertz CT molecular complexity index is 382. The highest BCUT2D eigenvalue weighted by Crippen LogP contribution is 2.23. The summed E-state index contributed by atoms with van der Waals surface area (Å²) >= 11 is 3.33. The molecule has 1 unspecified atom stereocenters. The van der Waals surface area contributed by atoms with Crippen LogP contribution in [0.15, 0.2) is 22.7 Å². The molecule has 0 aromatic heterocycles. The lowest BCUT2D eigenvalue weighted by molar-refractivity contribution is 0.0919. The van der Waals surface area contributed by atoms with Gasteiger partial charge in [-0.05, 0) is 25.1 Å². The Morgan fingerprint density at radius 3 is 2.81 bits per heavy atom. The van der Waals surface area contributed by atoms with E-state index in [1.807, 2.05) is 13.0 Å². The third-order valence-electron chi connectivity index (χ3n) is 1.96. The van der Waals surface area contributed by atoms with E-state index in [1.165, 1.54) is 0 Å². The van der Waals surface area contributed by atoms with E-state index in [2.05, 4.69) is 15.9 Å². The number of halogens is 1. The van der Waals surface area contributed by atoms with Gasteiger partial charge in [-0.25, -0.2) is 0 Å². The number of hydrogen-bond donors (Lipinski definition) is 2. The molecule has 0 saturated heterocycles. The Kier molecular flexibility index (Phi) is 4.76. The highest BCUT2D eigenvalue weighted by molar-refractivity contribution is 9.10. The van der Waals surface area contributed by atoms with Crippen molar-refractivity contribution in [2.24, 2.45) is 5.73 Å². The van der Waals surface area contributed by atoms with Gasteiger partial charge in [0, 0.05) is 11.6 Å². The predicted molar refractivity (Wildman–Crippen MR) is 67.1 cm³/mol. The molecule has 1 aromatic rings.